The molecule has 1 heterocycles. The molecular weight excluding hydrogens is 214 g/mol. The highest BCUT2D eigenvalue weighted by Crippen LogP contribution is 2.22. The highest BCUT2D eigenvalue weighted by atomic mass is 35.5. The van der Waals surface area contributed by atoms with Crippen molar-refractivity contribution in [3.05, 3.63) is 0 Å². The molecule has 88 valence electrons. The summed E-state index contributed by atoms with van der Waals surface area (Å²) in [6.07, 6.45) is 1.05. The fourth-order valence-electron chi connectivity index (χ4n) is 1.94. The minimum absolute atomic E-state index is 0.0330. The number of hydrogen-bond donors (Lipinski definition) is 0. The Morgan fingerprint density at radius 1 is 1.60 bits per heavy atom. The van der Waals surface area contributed by atoms with Crippen LogP contribution in [-0.4, -0.2) is 42.0 Å². The zero-order chi connectivity index (χ0) is 11.4. The van der Waals surface area contributed by atoms with E-state index in [1.807, 2.05) is 25.7 Å². The Morgan fingerprint density at radius 3 is 2.67 bits per heavy atom. The SMILES string of the molecule is CC1CC(C(=O)N(CCCl)C(C)C)CO1. The largest absolute Gasteiger partial charge is 0.378 e. The lowest BCUT2D eigenvalue weighted by Crippen LogP contribution is -2.42. The highest BCUT2D eigenvalue weighted by molar-refractivity contribution is 6.18. The van der Waals surface area contributed by atoms with E-state index in [0.29, 0.717) is 19.0 Å². The number of halogens is 1. The molecule has 0 spiro atoms. The lowest BCUT2D eigenvalue weighted by molar-refractivity contribution is -0.136. The smallest absolute Gasteiger partial charge is 0.228 e. The van der Waals surface area contributed by atoms with E-state index in [2.05, 4.69) is 0 Å². The molecule has 0 bridgehead atoms. The average Bonchev–Trinajstić information content (AvgIpc) is 2.59. The normalized spacial score (nSPS) is 25.9. The van der Waals surface area contributed by atoms with Crippen molar-refractivity contribution >= 4 is 17.5 Å². The second-order valence-electron chi connectivity index (χ2n) is 4.39. The van der Waals surface area contributed by atoms with E-state index < -0.39 is 0 Å². The Hall–Kier alpha value is -0.280. The maximum Gasteiger partial charge on any atom is 0.228 e. The van der Waals surface area contributed by atoms with Crippen LogP contribution in [0.15, 0.2) is 0 Å². The molecule has 0 aromatic carbocycles. The number of ether oxygens (including phenoxy) is 1. The molecule has 1 fully saturated rings. The summed E-state index contributed by atoms with van der Waals surface area (Å²) in [5.74, 6) is 0.716. The molecule has 0 aliphatic carbocycles. The summed E-state index contributed by atoms with van der Waals surface area (Å²) in [5, 5.41) is 0. The average molecular weight is 234 g/mol. The van der Waals surface area contributed by atoms with Gasteiger partial charge in [-0.3, -0.25) is 4.79 Å². The highest BCUT2D eigenvalue weighted by Gasteiger charge is 2.32. The van der Waals surface area contributed by atoms with Crippen LogP contribution in [0, 0.1) is 5.92 Å². The van der Waals surface area contributed by atoms with Crippen molar-refractivity contribution in [3.8, 4) is 0 Å². The Balaban J connectivity index is 2.55. The second-order valence-corrected chi connectivity index (χ2v) is 4.77. The van der Waals surface area contributed by atoms with Crippen LogP contribution < -0.4 is 0 Å². The van der Waals surface area contributed by atoms with Crippen LogP contribution in [0.4, 0.5) is 0 Å². The molecule has 0 saturated carbocycles. The molecule has 15 heavy (non-hydrogen) atoms. The molecule has 0 aromatic heterocycles. The van der Waals surface area contributed by atoms with Crippen LogP contribution in [-0.2, 0) is 9.53 Å². The molecule has 1 aliphatic heterocycles. The van der Waals surface area contributed by atoms with Gasteiger partial charge in [0, 0.05) is 18.5 Å². The first kappa shape index (κ1) is 12.8. The van der Waals surface area contributed by atoms with E-state index in [0.717, 1.165) is 6.42 Å². The van der Waals surface area contributed by atoms with Crippen LogP contribution in [0.25, 0.3) is 0 Å². The van der Waals surface area contributed by atoms with E-state index in [4.69, 9.17) is 16.3 Å². The minimum atomic E-state index is 0.0330. The molecule has 4 heteroatoms. The monoisotopic (exact) mass is 233 g/mol. The van der Waals surface area contributed by atoms with Crippen LogP contribution >= 0.6 is 11.6 Å². The molecule has 3 nitrogen and oxygen atoms in total. The van der Waals surface area contributed by atoms with E-state index in [1.165, 1.54) is 0 Å². The van der Waals surface area contributed by atoms with Crippen molar-refractivity contribution in [1.29, 1.82) is 0 Å². The Labute approximate surface area is 96.7 Å². The molecule has 0 aromatic rings. The molecule has 2 unspecified atom stereocenters. The number of hydrogen-bond acceptors (Lipinski definition) is 2. The van der Waals surface area contributed by atoms with Gasteiger partial charge >= 0.3 is 0 Å². The molecule has 0 N–H and O–H groups in total. The number of nitrogens with zero attached hydrogens (tertiary/aromatic N) is 1. The van der Waals surface area contributed by atoms with Crippen LogP contribution in [0.1, 0.15) is 27.2 Å². The lowest BCUT2D eigenvalue weighted by Gasteiger charge is -2.28. The topological polar surface area (TPSA) is 29.5 Å². The molecule has 1 rings (SSSR count). The van der Waals surface area contributed by atoms with Gasteiger partial charge in [-0.1, -0.05) is 0 Å². The summed E-state index contributed by atoms with van der Waals surface area (Å²) < 4.78 is 5.41. The van der Waals surface area contributed by atoms with Crippen molar-refractivity contribution in [3.63, 3.8) is 0 Å². The third-order valence-corrected chi connectivity index (χ3v) is 2.95. The van der Waals surface area contributed by atoms with E-state index in [1.54, 1.807) is 0 Å². The van der Waals surface area contributed by atoms with E-state index >= 15 is 0 Å². The minimum Gasteiger partial charge on any atom is -0.378 e. The fraction of sp³-hybridized carbons (Fsp3) is 0.909. The Morgan fingerprint density at radius 2 is 2.27 bits per heavy atom. The van der Waals surface area contributed by atoms with Gasteiger partial charge in [0.15, 0.2) is 0 Å². The number of carbonyl (C=O) groups excluding carboxylic acids is 1. The van der Waals surface area contributed by atoms with Gasteiger partial charge in [-0.25, -0.2) is 0 Å². The first-order chi connectivity index (χ1) is 7.06. The molecule has 0 radical (unpaired) electrons. The van der Waals surface area contributed by atoms with Gasteiger partial charge in [-0.15, -0.1) is 11.6 Å². The molecule has 1 aliphatic rings. The predicted octanol–water partition coefficient (Wildman–Crippen LogP) is 1.89. The Kier molecular flexibility index (Phi) is 4.87. The number of amides is 1. The Bertz CT molecular complexity index is 221. The fourth-order valence-corrected chi connectivity index (χ4v) is 2.12. The molecule has 1 amide bonds. The maximum atomic E-state index is 12.1. The van der Waals surface area contributed by atoms with E-state index in [-0.39, 0.29) is 24.0 Å². The number of alkyl halides is 1. The summed E-state index contributed by atoms with van der Waals surface area (Å²) in [7, 11) is 0. The van der Waals surface area contributed by atoms with Crippen LogP contribution in [0.2, 0.25) is 0 Å². The molecular formula is C11H20ClNO2. The quantitative estimate of drug-likeness (QED) is 0.694. The van der Waals surface area contributed by atoms with Gasteiger partial charge in [0.05, 0.1) is 18.6 Å². The first-order valence-electron chi connectivity index (χ1n) is 5.54. The summed E-state index contributed by atoms with van der Waals surface area (Å²) >= 11 is 5.69. The first-order valence-corrected chi connectivity index (χ1v) is 6.07. The number of carbonyl (C=O) groups is 1. The molecule has 1 saturated heterocycles. The van der Waals surface area contributed by atoms with Crippen molar-refractivity contribution in [2.24, 2.45) is 5.92 Å². The zero-order valence-electron chi connectivity index (χ0n) is 9.70. The van der Waals surface area contributed by atoms with Crippen LogP contribution in [0.5, 0.6) is 0 Å². The van der Waals surface area contributed by atoms with Gasteiger partial charge < -0.3 is 9.64 Å². The van der Waals surface area contributed by atoms with Crippen molar-refractivity contribution in [2.45, 2.75) is 39.3 Å². The predicted molar refractivity (Wildman–Crippen MR) is 61.1 cm³/mol. The van der Waals surface area contributed by atoms with Gasteiger partial charge in [0.2, 0.25) is 5.91 Å². The standard InChI is InChI=1S/C11H20ClNO2/c1-8(2)13(5-4-12)11(14)10-6-9(3)15-7-10/h8-10H,4-7H2,1-3H3. The summed E-state index contributed by atoms with van der Waals surface area (Å²) in [6, 6.07) is 0.215. The van der Waals surface area contributed by atoms with Crippen LogP contribution in [0.3, 0.4) is 0 Å². The van der Waals surface area contributed by atoms with E-state index in [9.17, 15) is 4.79 Å². The number of rotatable bonds is 4. The molecule has 2 atom stereocenters. The van der Waals surface area contributed by atoms with Crippen molar-refractivity contribution < 1.29 is 9.53 Å². The van der Waals surface area contributed by atoms with Crippen molar-refractivity contribution in [2.75, 3.05) is 19.0 Å². The van der Waals surface area contributed by atoms with Gasteiger partial charge in [-0.2, -0.15) is 0 Å². The third kappa shape index (κ3) is 3.35. The summed E-state index contributed by atoms with van der Waals surface area (Å²) in [6.45, 7) is 7.23. The maximum absolute atomic E-state index is 12.1. The second kappa shape index (κ2) is 5.71. The zero-order valence-corrected chi connectivity index (χ0v) is 10.5. The van der Waals surface area contributed by atoms with Gasteiger partial charge in [0.1, 0.15) is 0 Å². The van der Waals surface area contributed by atoms with Crippen molar-refractivity contribution in [1.82, 2.24) is 4.90 Å². The van der Waals surface area contributed by atoms with Gasteiger partial charge in [0.25, 0.3) is 0 Å². The summed E-state index contributed by atoms with van der Waals surface area (Å²) in [4.78, 5) is 14.0. The van der Waals surface area contributed by atoms with Gasteiger partial charge in [-0.05, 0) is 27.2 Å². The lowest BCUT2D eigenvalue weighted by atomic mass is 10.0. The third-order valence-electron chi connectivity index (χ3n) is 2.78. The summed E-state index contributed by atoms with van der Waals surface area (Å²) in [5.41, 5.74) is 0.